The Kier molecular flexibility index (Phi) is 8.06. The lowest BCUT2D eigenvalue weighted by molar-refractivity contribution is -0.152. The van der Waals surface area contributed by atoms with Gasteiger partial charge in [-0.1, -0.05) is 48.0 Å². The number of amides is 3. The van der Waals surface area contributed by atoms with E-state index in [1.54, 1.807) is 16.7 Å². The molecular weight excluding hydrogens is 442 g/mol. The van der Waals surface area contributed by atoms with Crippen molar-refractivity contribution in [2.75, 3.05) is 31.6 Å². The number of nitrogens with one attached hydrogen (secondary N) is 1. The van der Waals surface area contributed by atoms with Gasteiger partial charge in [-0.2, -0.15) is 0 Å². The van der Waals surface area contributed by atoms with E-state index >= 15 is 0 Å². The van der Waals surface area contributed by atoms with E-state index in [2.05, 4.69) is 17.4 Å². The molecule has 0 spiro atoms. The summed E-state index contributed by atoms with van der Waals surface area (Å²) in [6.07, 6.45) is 2.94. The van der Waals surface area contributed by atoms with Crippen molar-refractivity contribution in [1.29, 1.82) is 0 Å². The number of urea groups is 1. The van der Waals surface area contributed by atoms with Crippen LogP contribution in [0.2, 0.25) is 0 Å². The van der Waals surface area contributed by atoms with Crippen LogP contribution in [0.4, 0.5) is 10.5 Å². The lowest BCUT2D eigenvalue weighted by Gasteiger charge is -2.42. The standard InChI is InChI=1S/C28H35N3O4/c1-3-35-27(33)23-11-8-16-30(18-23)26(32)22-14-15-25(21-10-7-9-20(2)17-21)31(19-22)28(34)29-24-12-5-4-6-13-24/h4-7,9-10,12-13,17,22-23,25H,3,8,11,14-16,18-19H2,1-2H3,(H,29,34). The second-order valence-corrected chi connectivity index (χ2v) is 9.53. The van der Waals surface area contributed by atoms with Crippen LogP contribution in [0.3, 0.4) is 0 Å². The van der Waals surface area contributed by atoms with Gasteiger partial charge in [-0.25, -0.2) is 4.79 Å². The predicted octanol–water partition coefficient (Wildman–Crippen LogP) is 4.78. The number of benzene rings is 2. The number of aryl methyl sites for hydroxylation is 1. The van der Waals surface area contributed by atoms with Crippen molar-refractivity contribution in [3.05, 3.63) is 65.7 Å². The largest absolute Gasteiger partial charge is 0.466 e. The van der Waals surface area contributed by atoms with Crippen molar-refractivity contribution >= 4 is 23.6 Å². The fourth-order valence-corrected chi connectivity index (χ4v) is 5.23. The number of rotatable bonds is 5. The van der Waals surface area contributed by atoms with Gasteiger partial charge in [0.2, 0.25) is 5.91 Å². The number of esters is 1. The van der Waals surface area contributed by atoms with E-state index < -0.39 is 0 Å². The molecule has 3 amide bonds. The molecular formula is C28H35N3O4. The lowest BCUT2D eigenvalue weighted by atomic mass is 9.87. The minimum absolute atomic E-state index is 0.0270. The molecule has 0 bridgehead atoms. The van der Waals surface area contributed by atoms with Gasteiger partial charge in [0, 0.05) is 25.3 Å². The van der Waals surface area contributed by atoms with Gasteiger partial charge in [0.15, 0.2) is 0 Å². The van der Waals surface area contributed by atoms with Crippen molar-refractivity contribution < 1.29 is 19.1 Å². The fraction of sp³-hybridized carbons (Fsp3) is 0.464. The first-order valence-corrected chi connectivity index (χ1v) is 12.6. The second-order valence-electron chi connectivity index (χ2n) is 9.53. The van der Waals surface area contributed by atoms with E-state index in [1.165, 1.54) is 0 Å². The monoisotopic (exact) mass is 477 g/mol. The fourth-order valence-electron chi connectivity index (χ4n) is 5.23. The molecule has 3 atom stereocenters. The number of anilines is 1. The maximum atomic E-state index is 13.5. The highest BCUT2D eigenvalue weighted by Gasteiger charge is 2.39. The Balaban J connectivity index is 1.51. The van der Waals surface area contributed by atoms with Crippen LogP contribution in [0.25, 0.3) is 0 Å². The first-order valence-electron chi connectivity index (χ1n) is 12.6. The third-order valence-electron chi connectivity index (χ3n) is 7.00. The Morgan fingerprint density at radius 3 is 2.51 bits per heavy atom. The van der Waals surface area contributed by atoms with Gasteiger partial charge in [0.1, 0.15) is 0 Å². The summed E-state index contributed by atoms with van der Waals surface area (Å²) in [6.45, 7) is 5.57. The number of para-hydroxylation sites is 1. The van der Waals surface area contributed by atoms with Crippen LogP contribution in [0.1, 0.15) is 49.8 Å². The van der Waals surface area contributed by atoms with Crippen LogP contribution >= 0.6 is 0 Å². The summed E-state index contributed by atoms with van der Waals surface area (Å²) in [7, 11) is 0. The molecule has 2 aromatic carbocycles. The summed E-state index contributed by atoms with van der Waals surface area (Å²) in [5.41, 5.74) is 2.95. The molecule has 1 N–H and O–H groups in total. The third-order valence-corrected chi connectivity index (χ3v) is 7.00. The zero-order valence-electron chi connectivity index (χ0n) is 20.6. The van der Waals surface area contributed by atoms with Gasteiger partial charge in [-0.05, 0) is 57.2 Å². The van der Waals surface area contributed by atoms with Crippen molar-refractivity contribution in [3.63, 3.8) is 0 Å². The predicted molar refractivity (Wildman–Crippen MR) is 135 cm³/mol. The summed E-state index contributed by atoms with van der Waals surface area (Å²) >= 11 is 0. The lowest BCUT2D eigenvalue weighted by Crippen LogP contribution is -2.51. The first-order chi connectivity index (χ1) is 17.0. The molecule has 0 aromatic heterocycles. The highest BCUT2D eigenvalue weighted by Crippen LogP contribution is 2.35. The number of carbonyl (C=O) groups is 3. The quantitative estimate of drug-likeness (QED) is 0.629. The van der Waals surface area contributed by atoms with Gasteiger partial charge in [-0.15, -0.1) is 0 Å². The molecule has 4 rings (SSSR count). The molecule has 3 unspecified atom stereocenters. The molecule has 2 fully saturated rings. The Labute approximate surface area is 207 Å². The molecule has 2 aliphatic heterocycles. The SMILES string of the molecule is CCOC(=O)C1CCCN(C(=O)C2CCC(c3cccc(C)c3)N(C(=O)Nc3ccccc3)C2)C1. The Hall–Kier alpha value is -3.35. The summed E-state index contributed by atoms with van der Waals surface area (Å²) < 4.78 is 5.19. The molecule has 2 saturated heterocycles. The Morgan fingerprint density at radius 1 is 0.971 bits per heavy atom. The van der Waals surface area contributed by atoms with Crippen LogP contribution < -0.4 is 5.32 Å². The van der Waals surface area contributed by atoms with Crippen LogP contribution in [0.5, 0.6) is 0 Å². The van der Waals surface area contributed by atoms with Gasteiger partial charge >= 0.3 is 12.0 Å². The summed E-state index contributed by atoms with van der Waals surface area (Å²) in [4.78, 5) is 42.8. The smallest absolute Gasteiger partial charge is 0.322 e. The second kappa shape index (κ2) is 11.4. The van der Waals surface area contributed by atoms with Crippen LogP contribution in [0.15, 0.2) is 54.6 Å². The highest BCUT2D eigenvalue weighted by atomic mass is 16.5. The minimum atomic E-state index is -0.293. The maximum Gasteiger partial charge on any atom is 0.322 e. The van der Waals surface area contributed by atoms with E-state index in [-0.39, 0.29) is 35.8 Å². The highest BCUT2D eigenvalue weighted by molar-refractivity contribution is 5.90. The average Bonchev–Trinajstić information content (AvgIpc) is 2.88. The topological polar surface area (TPSA) is 79.0 Å². The molecule has 0 radical (unpaired) electrons. The number of nitrogens with zero attached hydrogens (tertiary/aromatic N) is 2. The number of ether oxygens (including phenoxy) is 1. The molecule has 186 valence electrons. The summed E-state index contributed by atoms with van der Waals surface area (Å²) in [6, 6.07) is 17.3. The van der Waals surface area contributed by atoms with E-state index in [0.717, 1.165) is 29.7 Å². The third kappa shape index (κ3) is 6.02. The van der Waals surface area contributed by atoms with Crippen molar-refractivity contribution in [3.8, 4) is 0 Å². The van der Waals surface area contributed by atoms with E-state index in [9.17, 15) is 14.4 Å². The molecule has 2 heterocycles. The molecule has 0 saturated carbocycles. The van der Waals surface area contributed by atoms with Crippen LogP contribution in [-0.4, -0.2) is 53.9 Å². The average molecular weight is 478 g/mol. The van der Waals surface area contributed by atoms with E-state index in [0.29, 0.717) is 39.1 Å². The van der Waals surface area contributed by atoms with Gasteiger partial charge in [-0.3, -0.25) is 9.59 Å². The van der Waals surface area contributed by atoms with Crippen molar-refractivity contribution in [2.45, 2.75) is 45.6 Å². The minimum Gasteiger partial charge on any atom is -0.466 e. The van der Waals surface area contributed by atoms with E-state index in [4.69, 9.17) is 4.74 Å². The normalized spacial score (nSPS) is 22.4. The number of likely N-dealkylation sites (tertiary alicyclic amines) is 2. The summed E-state index contributed by atoms with van der Waals surface area (Å²) in [5.74, 6) is -0.761. The van der Waals surface area contributed by atoms with Crippen LogP contribution in [-0.2, 0) is 14.3 Å². The zero-order valence-corrected chi connectivity index (χ0v) is 20.6. The number of carbonyl (C=O) groups excluding carboxylic acids is 3. The Morgan fingerprint density at radius 2 is 1.77 bits per heavy atom. The van der Waals surface area contributed by atoms with Crippen molar-refractivity contribution in [1.82, 2.24) is 9.80 Å². The van der Waals surface area contributed by atoms with Gasteiger partial charge < -0.3 is 19.9 Å². The number of hydrogen-bond acceptors (Lipinski definition) is 4. The first kappa shape index (κ1) is 24.8. The van der Waals surface area contributed by atoms with Crippen LogP contribution in [0, 0.1) is 18.8 Å². The molecule has 0 aliphatic carbocycles. The Bertz CT molecular complexity index is 1040. The maximum absolute atomic E-state index is 13.5. The molecule has 7 nitrogen and oxygen atoms in total. The van der Waals surface area contributed by atoms with Gasteiger partial charge in [0.05, 0.1) is 24.5 Å². The molecule has 2 aromatic rings. The van der Waals surface area contributed by atoms with E-state index in [1.807, 2.05) is 49.4 Å². The van der Waals surface area contributed by atoms with Gasteiger partial charge in [0.25, 0.3) is 0 Å². The zero-order chi connectivity index (χ0) is 24.8. The molecule has 7 heteroatoms. The summed E-state index contributed by atoms with van der Waals surface area (Å²) in [5, 5.41) is 3.00. The molecule has 2 aliphatic rings. The van der Waals surface area contributed by atoms with Crippen molar-refractivity contribution in [2.24, 2.45) is 11.8 Å². The number of piperidine rings is 2. The number of hydrogen-bond donors (Lipinski definition) is 1. The molecule has 35 heavy (non-hydrogen) atoms.